The summed E-state index contributed by atoms with van der Waals surface area (Å²) in [5.41, 5.74) is 0.516. The smallest absolute Gasteiger partial charge is 0.159 e. The maximum atomic E-state index is 10.9. The van der Waals surface area contributed by atoms with E-state index in [1.54, 1.807) is 6.07 Å². The second-order valence-electron chi connectivity index (χ2n) is 2.34. The Labute approximate surface area is 88.7 Å². The highest BCUT2D eigenvalue weighted by Gasteiger charge is 2.08. The molecule has 1 aromatic carbocycles. The summed E-state index contributed by atoms with van der Waals surface area (Å²) >= 11 is 7.58. The minimum Gasteiger partial charge on any atom is -0.505 e. The fraction of sp³-hybridized carbons (Fsp3) is 0.125. The van der Waals surface area contributed by atoms with E-state index in [2.05, 4.69) is 0 Å². The first-order valence-electron chi connectivity index (χ1n) is 3.21. The average molecular weight is 296 g/mol. The number of aromatic hydroxyl groups is 1. The lowest BCUT2D eigenvalue weighted by atomic mass is 10.1. The fourth-order valence-electron chi connectivity index (χ4n) is 0.769. The summed E-state index contributed by atoms with van der Waals surface area (Å²) in [6.45, 7) is 1.46. The maximum absolute atomic E-state index is 10.9. The SMILES string of the molecule is CC(=O)c1cc(Cl)c(O)c(I)c1. The van der Waals surface area contributed by atoms with E-state index in [0.717, 1.165) is 0 Å². The van der Waals surface area contributed by atoms with Crippen LogP contribution in [0.25, 0.3) is 0 Å². The van der Waals surface area contributed by atoms with Crippen LogP contribution in [0.15, 0.2) is 12.1 Å². The van der Waals surface area contributed by atoms with Crippen LogP contribution in [-0.4, -0.2) is 10.9 Å². The Morgan fingerprint density at radius 2 is 2.17 bits per heavy atom. The van der Waals surface area contributed by atoms with Crippen LogP contribution >= 0.6 is 34.2 Å². The number of carbonyl (C=O) groups is 1. The Kier molecular flexibility index (Phi) is 2.95. The van der Waals surface area contributed by atoms with Crippen molar-refractivity contribution in [2.24, 2.45) is 0 Å². The number of Topliss-reactive ketones (excluding diaryl/α,β-unsaturated/α-hetero) is 1. The molecular weight excluding hydrogens is 290 g/mol. The van der Waals surface area contributed by atoms with Crippen LogP contribution in [0.5, 0.6) is 5.75 Å². The molecule has 0 unspecified atom stereocenters. The molecule has 1 N–H and O–H groups in total. The Morgan fingerprint density at radius 1 is 1.58 bits per heavy atom. The molecule has 1 aromatic rings. The van der Waals surface area contributed by atoms with Crippen molar-refractivity contribution in [2.45, 2.75) is 6.92 Å². The van der Waals surface area contributed by atoms with E-state index in [4.69, 9.17) is 11.6 Å². The predicted octanol–water partition coefficient (Wildman–Crippen LogP) is 2.85. The van der Waals surface area contributed by atoms with Crippen molar-refractivity contribution in [1.82, 2.24) is 0 Å². The zero-order valence-electron chi connectivity index (χ0n) is 6.27. The lowest BCUT2D eigenvalue weighted by molar-refractivity contribution is 0.101. The second kappa shape index (κ2) is 3.62. The molecule has 0 heterocycles. The van der Waals surface area contributed by atoms with Crippen molar-refractivity contribution >= 4 is 40.0 Å². The van der Waals surface area contributed by atoms with Gasteiger partial charge in [-0.05, 0) is 41.6 Å². The number of phenolic OH excluding ortho intramolecular Hbond substituents is 1. The van der Waals surface area contributed by atoms with Crippen LogP contribution in [0, 0.1) is 3.57 Å². The predicted molar refractivity (Wildman–Crippen MR) is 55.8 cm³/mol. The molecular formula is C8H6ClIO2. The molecule has 12 heavy (non-hydrogen) atoms. The molecule has 0 aliphatic heterocycles. The Hall–Kier alpha value is -0.290. The van der Waals surface area contributed by atoms with E-state index in [1.807, 2.05) is 22.6 Å². The largest absolute Gasteiger partial charge is 0.505 e. The minimum absolute atomic E-state index is 0.0299. The topological polar surface area (TPSA) is 37.3 Å². The number of hydrogen-bond donors (Lipinski definition) is 1. The summed E-state index contributed by atoms with van der Waals surface area (Å²) in [4.78, 5) is 10.9. The van der Waals surface area contributed by atoms with Crippen LogP contribution in [-0.2, 0) is 0 Å². The Balaban J connectivity index is 3.31. The van der Waals surface area contributed by atoms with Crippen molar-refractivity contribution in [3.63, 3.8) is 0 Å². The first-order valence-corrected chi connectivity index (χ1v) is 4.67. The van der Waals surface area contributed by atoms with E-state index >= 15 is 0 Å². The van der Waals surface area contributed by atoms with E-state index in [9.17, 15) is 9.90 Å². The van der Waals surface area contributed by atoms with Crippen LogP contribution in [0.1, 0.15) is 17.3 Å². The first-order chi connectivity index (χ1) is 5.52. The number of ketones is 1. The molecule has 0 aliphatic carbocycles. The monoisotopic (exact) mass is 296 g/mol. The van der Waals surface area contributed by atoms with Gasteiger partial charge < -0.3 is 5.11 Å². The van der Waals surface area contributed by atoms with Gasteiger partial charge in [0.1, 0.15) is 5.75 Å². The van der Waals surface area contributed by atoms with Crippen molar-refractivity contribution < 1.29 is 9.90 Å². The third kappa shape index (κ3) is 1.90. The van der Waals surface area contributed by atoms with E-state index in [-0.39, 0.29) is 16.6 Å². The zero-order valence-corrected chi connectivity index (χ0v) is 9.18. The summed E-state index contributed by atoms with van der Waals surface area (Å²) in [7, 11) is 0. The average Bonchev–Trinajstić information content (AvgIpc) is 1.99. The van der Waals surface area contributed by atoms with Gasteiger partial charge in [-0.25, -0.2) is 0 Å². The van der Waals surface area contributed by atoms with Crippen LogP contribution in [0.3, 0.4) is 0 Å². The van der Waals surface area contributed by atoms with Crippen LogP contribution < -0.4 is 0 Å². The number of phenols is 1. The highest BCUT2D eigenvalue weighted by Crippen LogP contribution is 2.30. The molecule has 0 fully saturated rings. The van der Waals surface area contributed by atoms with Gasteiger partial charge in [-0.3, -0.25) is 4.79 Å². The van der Waals surface area contributed by atoms with Gasteiger partial charge in [0.25, 0.3) is 0 Å². The first kappa shape index (κ1) is 9.80. The lowest BCUT2D eigenvalue weighted by Gasteiger charge is -2.01. The van der Waals surface area contributed by atoms with E-state index in [1.165, 1.54) is 13.0 Å². The number of halogens is 2. The lowest BCUT2D eigenvalue weighted by Crippen LogP contribution is -1.92. The van der Waals surface area contributed by atoms with Crippen LogP contribution in [0.2, 0.25) is 5.02 Å². The van der Waals surface area contributed by atoms with Gasteiger partial charge in [0, 0.05) is 5.56 Å². The van der Waals surface area contributed by atoms with Crippen molar-refractivity contribution in [2.75, 3.05) is 0 Å². The van der Waals surface area contributed by atoms with Crippen molar-refractivity contribution in [1.29, 1.82) is 0 Å². The van der Waals surface area contributed by atoms with Crippen molar-refractivity contribution in [3.05, 3.63) is 26.3 Å². The number of rotatable bonds is 1. The molecule has 64 valence electrons. The zero-order chi connectivity index (χ0) is 9.30. The maximum Gasteiger partial charge on any atom is 0.159 e. The summed E-state index contributed by atoms with van der Waals surface area (Å²) in [6.07, 6.45) is 0. The van der Waals surface area contributed by atoms with Gasteiger partial charge in [-0.1, -0.05) is 11.6 Å². The highest BCUT2D eigenvalue weighted by atomic mass is 127. The number of hydrogen-bond acceptors (Lipinski definition) is 2. The van der Waals surface area contributed by atoms with Gasteiger partial charge in [-0.15, -0.1) is 0 Å². The molecule has 0 aliphatic rings. The summed E-state index contributed by atoms with van der Waals surface area (Å²) in [6, 6.07) is 3.06. The van der Waals surface area contributed by atoms with Gasteiger partial charge in [0.15, 0.2) is 5.78 Å². The molecule has 0 saturated carbocycles. The Bertz CT molecular complexity index is 313. The number of benzene rings is 1. The quantitative estimate of drug-likeness (QED) is 0.639. The molecule has 0 bridgehead atoms. The third-order valence-electron chi connectivity index (χ3n) is 1.42. The van der Waals surface area contributed by atoms with Gasteiger partial charge >= 0.3 is 0 Å². The molecule has 0 atom stereocenters. The second-order valence-corrected chi connectivity index (χ2v) is 3.91. The molecule has 0 saturated heterocycles. The molecule has 0 spiro atoms. The molecule has 1 rings (SSSR count). The summed E-state index contributed by atoms with van der Waals surface area (Å²) in [5.74, 6) is -0.0305. The third-order valence-corrected chi connectivity index (χ3v) is 2.53. The Morgan fingerprint density at radius 3 is 2.58 bits per heavy atom. The molecule has 2 nitrogen and oxygen atoms in total. The molecule has 0 radical (unpaired) electrons. The van der Waals surface area contributed by atoms with Crippen molar-refractivity contribution in [3.8, 4) is 5.75 Å². The fourth-order valence-corrected chi connectivity index (χ4v) is 1.77. The number of carbonyl (C=O) groups excluding carboxylic acids is 1. The van der Waals surface area contributed by atoms with Gasteiger partial charge in [0.2, 0.25) is 0 Å². The standard InChI is InChI=1S/C8H6ClIO2/c1-4(11)5-2-6(9)8(12)7(10)3-5/h2-3,12H,1H3. The highest BCUT2D eigenvalue weighted by molar-refractivity contribution is 14.1. The summed E-state index contributed by atoms with van der Waals surface area (Å²) in [5, 5.41) is 9.48. The van der Waals surface area contributed by atoms with E-state index in [0.29, 0.717) is 9.13 Å². The summed E-state index contributed by atoms with van der Waals surface area (Å²) < 4.78 is 0.588. The normalized spacial score (nSPS) is 9.92. The molecule has 0 amide bonds. The molecule has 4 heteroatoms. The minimum atomic E-state index is -0.0604. The van der Waals surface area contributed by atoms with Gasteiger partial charge in [0.05, 0.1) is 8.59 Å². The van der Waals surface area contributed by atoms with Gasteiger partial charge in [-0.2, -0.15) is 0 Å². The van der Waals surface area contributed by atoms with Crippen LogP contribution in [0.4, 0.5) is 0 Å². The van der Waals surface area contributed by atoms with E-state index < -0.39 is 0 Å². The molecule has 0 aromatic heterocycles.